The van der Waals surface area contributed by atoms with Crippen molar-refractivity contribution in [2.75, 3.05) is 49.1 Å². The normalized spacial score (nSPS) is 19.6. The van der Waals surface area contributed by atoms with Crippen LogP contribution in [0.1, 0.15) is 20.8 Å². The van der Waals surface area contributed by atoms with Crippen LogP contribution in [0.15, 0.2) is 18.2 Å². The van der Waals surface area contributed by atoms with E-state index in [1.165, 1.54) is 17.9 Å². The summed E-state index contributed by atoms with van der Waals surface area (Å²) in [5, 5.41) is 2.61. The van der Waals surface area contributed by atoms with Crippen LogP contribution in [-0.2, 0) is 14.3 Å². The van der Waals surface area contributed by atoms with Gasteiger partial charge in [-0.1, -0.05) is 13.8 Å². The minimum absolute atomic E-state index is 0.0488. The lowest BCUT2D eigenvalue weighted by Crippen LogP contribution is -2.50. The average molecular weight is 406 g/mol. The van der Waals surface area contributed by atoms with Gasteiger partial charge in [0.15, 0.2) is 0 Å². The molecule has 9 heteroatoms. The first-order valence-corrected chi connectivity index (χ1v) is 9.82. The fourth-order valence-corrected chi connectivity index (χ4v) is 3.55. The number of cyclic esters (lactones) is 1. The molecule has 0 radical (unpaired) electrons. The third-order valence-corrected chi connectivity index (χ3v) is 5.12. The zero-order chi connectivity index (χ0) is 21.1. The lowest BCUT2D eigenvalue weighted by Gasteiger charge is -2.37. The Morgan fingerprint density at radius 1 is 1.24 bits per heavy atom. The number of carbonyl (C=O) groups excluding carboxylic acids is 3. The highest BCUT2D eigenvalue weighted by atomic mass is 19.1. The summed E-state index contributed by atoms with van der Waals surface area (Å²) in [6.07, 6.45) is -1.03. The molecule has 2 saturated heterocycles. The Balaban J connectivity index is 1.63. The fourth-order valence-electron chi connectivity index (χ4n) is 3.55. The maximum Gasteiger partial charge on any atom is 0.414 e. The first kappa shape index (κ1) is 20.9. The van der Waals surface area contributed by atoms with Gasteiger partial charge in [0.1, 0.15) is 11.9 Å². The van der Waals surface area contributed by atoms with Crippen molar-refractivity contribution in [3.63, 3.8) is 0 Å². The van der Waals surface area contributed by atoms with Gasteiger partial charge >= 0.3 is 6.09 Å². The molecule has 8 nitrogen and oxygen atoms in total. The Morgan fingerprint density at radius 2 is 1.93 bits per heavy atom. The summed E-state index contributed by atoms with van der Waals surface area (Å²) in [6.45, 7) is 7.82. The molecule has 158 valence electrons. The smallest absolute Gasteiger partial charge is 0.414 e. The summed E-state index contributed by atoms with van der Waals surface area (Å²) >= 11 is 0. The van der Waals surface area contributed by atoms with E-state index in [0.717, 1.165) is 0 Å². The van der Waals surface area contributed by atoms with Crippen molar-refractivity contribution < 1.29 is 23.5 Å². The number of carbonyl (C=O) groups is 3. The van der Waals surface area contributed by atoms with Crippen LogP contribution >= 0.6 is 0 Å². The number of halogens is 1. The maximum absolute atomic E-state index is 14.8. The fraction of sp³-hybridized carbons (Fsp3) is 0.550. The molecule has 3 amide bonds. The molecule has 2 heterocycles. The molecule has 1 atom stereocenters. The summed E-state index contributed by atoms with van der Waals surface area (Å²) < 4.78 is 20.0. The zero-order valence-corrected chi connectivity index (χ0v) is 17.0. The minimum Gasteiger partial charge on any atom is -0.442 e. The second-order valence-electron chi connectivity index (χ2n) is 7.66. The molecule has 1 aromatic rings. The second-order valence-corrected chi connectivity index (χ2v) is 7.66. The second kappa shape index (κ2) is 8.67. The van der Waals surface area contributed by atoms with Gasteiger partial charge < -0.3 is 19.9 Å². The topological polar surface area (TPSA) is 82.2 Å². The highest BCUT2D eigenvalue weighted by Gasteiger charge is 2.33. The van der Waals surface area contributed by atoms with Crippen molar-refractivity contribution in [3.05, 3.63) is 24.0 Å². The Bertz CT molecular complexity index is 793. The molecular formula is C20H27FN4O4. The predicted molar refractivity (Wildman–Crippen MR) is 106 cm³/mol. The highest BCUT2D eigenvalue weighted by molar-refractivity contribution is 5.90. The van der Waals surface area contributed by atoms with Crippen LogP contribution in [0.3, 0.4) is 0 Å². The van der Waals surface area contributed by atoms with Gasteiger partial charge in [0.2, 0.25) is 11.8 Å². The molecule has 1 aromatic carbocycles. The summed E-state index contributed by atoms with van der Waals surface area (Å²) in [5.74, 6) is -0.566. The van der Waals surface area contributed by atoms with Gasteiger partial charge in [0, 0.05) is 39.0 Å². The van der Waals surface area contributed by atoms with E-state index in [-0.39, 0.29) is 30.8 Å². The number of anilines is 2. The predicted octanol–water partition coefficient (Wildman–Crippen LogP) is 1.59. The molecule has 3 rings (SSSR count). The number of hydrogen-bond donors (Lipinski definition) is 1. The molecular weight excluding hydrogens is 379 g/mol. The van der Waals surface area contributed by atoms with Crippen molar-refractivity contribution >= 4 is 29.3 Å². The van der Waals surface area contributed by atoms with Crippen LogP contribution in [0.2, 0.25) is 0 Å². The van der Waals surface area contributed by atoms with Crippen molar-refractivity contribution in [3.8, 4) is 0 Å². The molecule has 0 saturated carbocycles. The third-order valence-electron chi connectivity index (χ3n) is 5.12. The lowest BCUT2D eigenvalue weighted by molar-refractivity contribution is -0.134. The number of hydrogen-bond acceptors (Lipinski definition) is 5. The number of ether oxygens (including phenoxy) is 1. The van der Waals surface area contributed by atoms with E-state index < -0.39 is 18.0 Å². The van der Waals surface area contributed by atoms with Crippen molar-refractivity contribution in [2.24, 2.45) is 5.92 Å². The minimum atomic E-state index is -0.562. The Morgan fingerprint density at radius 3 is 2.52 bits per heavy atom. The van der Waals surface area contributed by atoms with Gasteiger partial charge in [-0.2, -0.15) is 0 Å². The number of amides is 3. The van der Waals surface area contributed by atoms with Gasteiger partial charge in [0.25, 0.3) is 0 Å². The van der Waals surface area contributed by atoms with E-state index in [1.807, 2.05) is 23.6 Å². The van der Waals surface area contributed by atoms with Crippen LogP contribution in [0.4, 0.5) is 20.6 Å². The number of nitrogens with zero attached hydrogens (tertiary/aromatic N) is 3. The summed E-state index contributed by atoms with van der Waals surface area (Å²) in [5.41, 5.74) is 0.864. The van der Waals surface area contributed by atoms with Crippen molar-refractivity contribution in [2.45, 2.75) is 26.9 Å². The quantitative estimate of drug-likeness (QED) is 0.803. The average Bonchev–Trinajstić information content (AvgIpc) is 3.06. The number of rotatable bonds is 5. The highest BCUT2D eigenvalue weighted by Crippen LogP contribution is 2.28. The molecule has 29 heavy (non-hydrogen) atoms. The molecule has 0 unspecified atom stereocenters. The standard InChI is InChI=1S/C20H27FN4O4/c1-13(2)19(27)24-8-6-23(7-9-24)18-5-4-15(10-17(18)21)25-12-16(29-20(25)28)11-22-14(3)26/h4-5,10,13,16H,6-9,11-12H2,1-3H3,(H,22,26)/t16-/m0/s1. The molecule has 2 aliphatic rings. The SMILES string of the molecule is CC(=O)NC[C@H]1CN(c2ccc(N3CCN(C(=O)C(C)C)CC3)c(F)c2)C(=O)O1. The Kier molecular flexibility index (Phi) is 6.24. The monoisotopic (exact) mass is 406 g/mol. The van der Waals surface area contributed by atoms with E-state index >= 15 is 0 Å². The molecule has 0 aliphatic carbocycles. The van der Waals surface area contributed by atoms with E-state index in [9.17, 15) is 18.8 Å². The van der Waals surface area contributed by atoms with Gasteiger partial charge in [-0.15, -0.1) is 0 Å². The van der Waals surface area contributed by atoms with Crippen LogP contribution in [0, 0.1) is 11.7 Å². The number of benzene rings is 1. The van der Waals surface area contributed by atoms with E-state index in [4.69, 9.17) is 4.74 Å². The van der Waals surface area contributed by atoms with Crippen LogP contribution in [0.5, 0.6) is 0 Å². The molecule has 0 spiro atoms. The van der Waals surface area contributed by atoms with E-state index in [0.29, 0.717) is 37.6 Å². The Labute approximate surface area is 169 Å². The summed E-state index contributed by atoms with van der Waals surface area (Å²) in [6, 6.07) is 4.66. The summed E-state index contributed by atoms with van der Waals surface area (Å²) in [4.78, 5) is 40.3. The van der Waals surface area contributed by atoms with Crippen LogP contribution in [0.25, 0.3) is 0 Å². The van der Waals surface area contributed by atoms with Crippen LogP contribution in [-0.4, -0.2) is 68.2 Å². The molecule has 2 aliphatic heterocycles. The van der Waals surface area contributed by atoms with Gasteiger partial charge in [-0.05, 0) is 18.2 Å². The van der Waals surface area contributed by atoms with Gasteiger partial charge in [-0.3, -0.25) is 14.5 Å². The molecule has 1 N–H and O–H groups in total. The lowest BCUT2D eigenvalue weighted by atomic mass is 10.1. The van der Waals surface area contributed by atoms with E-state index in [2.05, 4.69) is 5.32 Å². The first-order chi connectivity index (χ1) is 13.8. The third kappa shape index (κ3) is 4.78. The Hall–Kier alpha value is -2.84. The number of piperazine rings is 1. The zero-order valence-electron chi connectivity index (χ0n) is 17.0. The van der Waals surface area contributed by atoms with Crippen LogP contribution < -0.4 is 15.1 Å². The maximum atomic E-state index is 14.8. The molecule has 0 bridgehead atoms. The number of nitrogens with one attached hydrogen (secondary N) is 1. The van der Waals surface area contributed by atoms with E-state index in [1.54, 1.807) is 12.1 Å². The molecule has 2 fully saturated rings. The largest absolute Gasteiger partial charge is 0.442 e. The molecule has 0 aromatic heterocycles. The van der Waals surface area contributed by atoms with Gasteiger partial charge in [-0.25, -0.2) is 9.18 Å². The summed E-state index contributed by atoms with van der Waals surface area (Å²) in [7, 11) is 0. The van der Waals surface area contributed by atoms with Crippen molar-refractivity contribution in [1.29, 1.82) is 0 Å². The van der Waals surface area contributed by atoms with Crippen molar-refractivity contribution in [1.82, 2.24) is 10.2 Å². The first-order valence-electron chi connectivity index (χ1n) is 9.82. The van der Waals surface area contributed by atoms with Gasteiger partial charge in [0.05, 0.1) is 24.5 Å².